The Hall–Kier alpha value is -0.770. The second-order valence-corrected chi connectivity index (χ2v) is 6.09. The summed E-state index contributed by atoms with van der Waals surface area (Å²) in [6, 6.07) is 0. The first-order valence-electron chi connectivity index (χ1n) is 7.39. The normalized spacial score (nSPS) is 30.8. The van der Waals surface area contributed by atoms with Crippen LogP contribution < -0.4 is 5.32 Å². The molecule has 4 heteroatoms. The lowest BCUT2D eigenvalue weighted by Crippen LogP contribution is -2.44. The van der Waals surface area contributed by atoms with Crippen molar-refractivity contribution in [2.24, 2.45) is 10.4 Å². The SMILES string of the molecule is CN=C(NCC1CCCO1)N1CCC2(CCC2)C1. The molecule has 1 aliphatic carbocycles. The van der Waals surface area contributed by atoms with E-state index in [1.165, 1.54) is 51.6 Å². The van der Waals surface area contributed by atoms with Gasteiger partial charge in [0.25, 0.3) is 0 Å². The van der Waals surface area contributed by atoms with Crippen molar-refractivity contribution in [3.63, 3.8) is 0 Å². The van der Waals surface area contributed by atoms with Crippen LogP contribution in [0.15, 0.2) is 4.99 Å². The number of ether oxygens (including phenoxy) is 1. The molecule has 1 saturated carbocycles. The largest absolute Gasteiger partial charge is 0.376 e. The minimum Gasteiger partial charge on any atom is -0.376 e. The monoisotopic (exact) mass is 251 g/mol. The average Bonchev–Trinajstić information content (AvgIpc) is 2.97. The second kappa shape index (κ2) is 5.08. The van der Waals surface area contributed by atoms with Crippen LogP contribution in [-0.4, -0.2) is 50.3 Å². The lowest BCUT2D eigenvalue weighted by Gasteiger charge is -2.38. The van der Waals surface area contributed by atoms with Gasteiger partial charge in [-0.25, -0.2) is 0 Å². The van der Waals surface area contributed by atoms with Crippen molar-refractivity contribution < 1.29 is 4.74 Å². The maximum absolute atomic E-state index is 5.65. The van der Waals surface area contributed by atoms with Crippen molar-refractivity contribution in [2.75, 3.05) is 33.3 Å². The molecular weight excluding hydrogens is 226 g/mol. The molecule has 3 aliphatic rings. The highest BCUT2D eigenvalue weighted by Gasteiger charge is 2.43. The minimum absolute atomic E-state index is 0.391. The fraction of sp³-hybridized carbons (Fsp3) is 0.929. The number of aliphatic imine (C=N–C) groups is 1. The molecule has 1 atom stereocenters. The fourth-order valence-corrected chi connectivity index (χ4v) is 3.54. The number of hydrogen-bond acceptors (Lipinski definition) is 2. The van der Waals surface area contributed by atoms with Crippen molar-refractivity contribution in [1.29, 1.82) is 0 Å². The first-order chi connectivity index (χ1) is 8.81. The van der Waals surface area contributed by atoms with Gasteiger partial charge in [-0.05, 0) is 37.5 Å². The van der Waals surface area contributed by atoms with E-state index in [-0.39, 0.29) is 0 Å². The maximum atomic E-state index is 5.65. The molecule has 0 aromatic carbocycles. The molecule has 18 heavy (non-hydrogen) atoms. The van der Waals surface area contributed by atoms with E-state index in [4.69, 9.17) is 4.74 Å². The zero-order valence-electron chi connectivity index (χ0n) is 11.5. The van der Waals surface area contributed by atoms with Gasteiger partial charge in [0, 0.05) is 33.3 Å². The molecule has 3 rings (SSSR count). The molecule has 1 unspecified atom stereocenters. The van der Waals surface area contributed by atoms with Gasteiger partial charge in [0.2, 0.25) is 0 Å². The van der Waals surface area contributed by atoms with Gasteiger partial charge in [0.15, 0.2) is 5.96 Å². The van der Waals surface area contributed by atoms with Crippen LogP contribution in [0, 0.1) is 5.41 Å². The molecule has 2 aliphatic heterocycles. The van der Waals surface area contributed by atoms with Crippen LogP contribution in [-0.2, 0) is 4.74 Å². The summed E-state index contributed by atoms with van der Waals surface area (Å²) in [5.74, 6) is 1.08. The molecule has 0 aromatic heterocycles. The van der Waals surface area contributed by atoms with E-state index in [0.29, 0.717) is 11.5 Å². The number of nitrogens with one attached hydrogen (secondary N) is 1. The van der Waals surface area contributed by atoms with E-state index in [0.717, 1.165) is 19.1 Å². The highest BCUT2D eigenvalue weighted by atomic mass is 16.5. The van der Waals surface area contributed by atoms with Crippen LogP contribution in [0.4, 0.5) is 0 Å². The van der Waals surface area contributed by atoms with Gasteiger partial charge in [-0.3, -0.25) is 4.99 Å². The van der Waals surface area contributed by atoms with E-state index in [1.807, 2.05) is 7.05 Å². The van der Waals surface area contributed by atoms with Crippen molar-refractivity contribution in [3.8, 4) is 0 Å². The number of hydrogen-bond donors (Lipinski definition) is 1. The Labute approximate surface area is 110 Å². The Morgan fingerprint density at radius 1 is 1.39 bits per heavy atom. The van der Waals surface area contributed by atoms with Crippen LogP contribution in [0.5, 0.6) is 0 Å². The minimum atomic E-state index is 0.391. The first kappa shape index (κ1) is 12.3. The third-order valence-electron chi connectivity index (χ3n) is 4.88. The third kappa shape index (κ3) is 2.35. The van der Waals surface area contributed by atoms with Crippen LogP contribution in [0.2, 0.25) is 0 Å². The Morgan fingerprint density at radius 3 is 2.83 bits per heavy atom. The van der Waals surface area contributed by atoms with Gasteiger partial charge in [-0.1, -0.05) is 6.42 Å². The zero-order valence-corrected chi connectivity index (χ0v) is 11.5. The lowest BCUT2D eigenvalue weighted by molar-refractivity contribution is 0.113. The average molecular weight is 251 g/mol. The Morgan fingerprint density at radius 2 is 2.28 bits per heavy atom. The molecule has 102 valence electrons. The van der Waals surface area contributed by atoms with Crippen LogP contribution in [0.1, 0.15) is 38.5 Å². The molecule has 2 saturated heterocycles. The number of nitrogens with zero attached hydrogens (tertiary/aromatic N) is 2. The third-order valence-corrected chi connectivity index (χ3v) is 4.88. The highest BCUT2D eigenvalue weighted by Crippen LogP contribution is 2.47. The number of likely N-dealkylation sites (tertiary alicyclic amines) is 1. The van der Waals surface area contributed by atoms with Crippen molar-refractivity contribution in [1.82, 2.24) is 10.2 Å². The van der Waals surface area contributed by atoms with E-state index in [9.17, 15) is 0 Å². The molecule has 0 amide bonds. The van der Waals surface area contributed by atoms with E-state index in [2.05, 4.69) is 15.2 Å². The fourth-order valence-electron chi connectivity index (χ4n) is 3.54. The summed E-state index contributed by atoms with van der Waals surface area (Å²) in [5, 5.41) is 3.49. The second-order valence-electron chi connectivity index (χ2n) is 6.09. The van der Waals surface area contributed by atoms with Crippen LogP contribution in [0.25, 0.3) is 0 Å². The molecule has 0 bridgehead atoms. The van der Waals surface area contributed by atoms with Crippen molar-refractivity contribution >= 4 is 5.96 Å². The maximum Gasteiger partial charge on any atom is 0.193 e. The predicted octanol–water partition coefficient (Wildman–Crippen LogP) is 1.62. The van der Waals surface area contributed by atoms with Crippen molar-refractivity contribution in [3.05, 3.63) is 0 Å². The standard InChI is InChI=1S/C14H25N3O/c1-15-13(16-10-12-4-2-9-18-12)17-8-7-14(11-17)5-3-6-14/h12H,2-11H2,1H3,(H,15,16). The smallest absolute Gasteiger partial charge is 0.193 e. The molecule has 0 aromatic rings. The van der Waals surface area contributed by atoms with Gasteiger partial charge in [0.1, 0.15) is 0 Å². The summed E-state index contributed by atoms with van der Waals surface area (Å²) >= 11 is 0. The van der Waals surface area contributed by atoms with Gasteiger partial charge >= 0.3 is 0 Å². The summed E-state index contributed by atoms with van der Waals surface area (Å²) in [4.78, 5) is 6.87. The van der Waals surface area contributed by atoms with Gasteiger partial charge < -0.3 is 15.0 Å². The van der Waals surface area contributed by atoms with E-state index >= 15 is 0 Å². The Bertz CT molecular complexity index is 319. The molecular formula is C14H25N3O. The quantitative estimate of drug-likeness (QED) is 0.598. The summed E-state index contributed by atoms with van der Waals surface area (Å²) in [6.45, 7) is 4.22. The molecule has 2 heterocycles. The molecule has 0 radical (unpaired) electrons. The van der Waals surface area contributed by atoms with Gasteiger partial charge in [-0.15, -0.1) is 0 Å². The molecule has 4 nitrogen and oxygen atoms in total. The summed E-state index contributed by atoms with van der Waals surface area (Å²) in [6.07, 6.45) is 8.41. The summed E-state index contributed by atoms with van der Waals surface area (Å²) in [5.41, 5.74) is 0.640. The van der Waals surface area contributed by atoms with Gasteiger partial charge in [-0.2, -0.15) is 0 Å². The molecule has 3 fully saturated rings. The number of guanidine groups is 1. The van der Waals surface area contributed by atoms with Crippen LogP contribution in [0.3, 0.4) is 0 Å². The van der Waals surface area contributed by atoms with E-state index in [1.54, 1.807) is 0 Å². The molecule has 1 spiro atoms. The highest BCUT2D eigenvalue weighted by molar-refractivity contribution is 5.80. The lowest BCUT2D eigenvalue weighted by atomic mass is 9.68. The van der Waals surface area contributed by atoms with Crippen molar-refractivity contribution in [2.45, 2.75) is 44.6 Å². The van der Waals surface area contributed by atoms with Crippen LogP contribution >= 0.6 is 0 Å². The zero-order chi connectivity index (χ0) is 12.4. The number of rotatable bonds is 2. The Balaban J connectivity index is 1.50. The topological polar surface area (TPSA) is 36.9 Å². The summed E-state index contributed by atoms with van der Waals surface area (Å²) < 4.78 is 5.65. The predicted molar refractivity (Wildman–Crippen MR) is 72.8 cm³/mol. The first-order valence-corrected chi connectivity index (χ1v) is 7.39. The van der Waals surface area contributed by atoms with Gasteiger partial charge in [0.05, 0.1) is 6.10 Å². The molecule has 1 N–H and O–H groups in total. The van der Waals surface area contributed by atoms with E-state index < -0.39 is 0 Å². The Kier molecular flexibility index (Phi) is 3.46. The summed E-state index contributed by atoms with van der Waals surface area (Å²) in [7, 11) is 1.89.